The molecule has 164 valence electrons. The summed E-state index contributed by atoms with van der Waals surface area (Å²) in [5.74, 6) is -2.79. The minimum atomic E-state index is -5.11. The number of hydrogen-bond acceptors (Lipinski definition) is 2. The van der Waals surface area contributed by atoms with Gasteiger partial charge in [-0.15, -0.1) is 0 Å². The smallest absolute Gasteiger partial charge is 0.366 e. The Bertz CT molecular complexity index is 1230. The monoisotopic (exact) mass is 456 g/mol. The molecule has 2 aromatic carbocycles. The maximum Gasteiger partial charge on any atom is 0.419 e. The molecule has 1 saturated carbocycles. The van der Waals surface area contributed by atoms with E-state index in [0.717, 1.165) is 18.4 Å². The van der Waals surface area contributed by atoms with E-state index in [4.69, 9.17) is 0 Å². The van der Waals surface area contributed by atoms with Crippen LogP contribution < -0.4 is 4.72 Å². The molecular weight excluding hydrogens is 439 g/mol. The molecule has 0 amide bonds. The number of sulfonamides is 1. The van der Waals surface area contributed by atoms with Crippen molar-refractivity contribution < 1.29 is 30.4 Å². The van der Waals surface area contributed by atoms with E-state index in [-0.39, 0.29) is 23.4 Å². The van der Waals surface area contributed by atoms with Crippen LogP contribution in [0.5, 0.6) is 0 Å². The van der Waals surface area contributed by atoms with Gasteiger partial charge in [-0.3, -0.25) is 4.72 Å². The van der Waals surface area contributed by atoms with Gasteiger partial charge in [0.25, 0.3) is 10.0 Å². The second-order valence-electron chi connectivity index (χ2n) is 7.46. The van der Waals surface area contributed by atoms with E-state index >= 15 is 0 Å². The number of halogens is 5. The summed E-state index contributed by atoms with van der Waals surface area (Å²) in [6, 6.07) is 7.87. The Balaban J connectivity index is 1.60. The number of nitrogens with one attached hydrogen (secondary N) is 2. The summed E-state index contributed by atoms with van der Waals surface area (Å²) < 4.78 is 93.4. The number of alkyl halides is 3. The lowest BCUT2D eigenvalue weighted by Gasteiger charge is -2.13. The van der Waals surface area contributed by atoms with Crippen LogP contribution in [-0.4, -0.2) is 13.4 Å². The van der Waals surface area contributed by atoms with Crippen LogP contribution in [0.4, 0.5) is 27.6 Å². The number of rotatable bonds is 6. The number of hydrogen-bond donors (Lipinski definition) is 2. The van der Waals surface area contributed by atoms with Gasteiger partial charge in [0.05, 0.1) is 11.3 Å². The second-order valence-corrected chi connectivity index (χ2v) is 9.11. The third kappa shape index (κ3) is 4.58. The SMILES string of the molecule is O=S(=O)(Nc1cc(F)c(C(F)(F)F)cc1F)c1c[nH]cc1Cc1cccc(C2CC2)c1. The Morgan fingerprint density at radius 2 is 1.77 bits per heavy atom. The highest BCUT2D eigenvalue weighted by Crippen LogP contribution is 2.40. The fourth-order valence-electron chi connectivity index (χ4n) is 3.41. The molecule has 1 aromatic heterocycles. The Kier molecular flexibility index (Phi) is 5.28. The summed E-state index contributed by atoms with van der Waals surface area (Å²) in [6.45, 7) is 0. The van der Waals surface area contributed by atoms with Gasteiger partial charge in [0.15, 0.2) is 0 Å². The zero-order valence-electron chi connectivity index (χ0n) is 15.9. The topological polar surface area (TPSA) is 62.0 Å². The average Bonchev–Trinajstić information content (AvgIpc) is 3.42. The average molecular weight is 456 g/mol. The molecule has 3 aromatic rings. The van der Waals surface area contributed by atoms with Crippen LogP contribution in [0.2, 0.25) is 0 Å². The summed E-state index contributed by atoms with van der Waals surface area (Å²) in [5.41, 5.74) is -0.280. The van der Waals surface area contributed by atoms with E-state index in [9.17, 15) is 30.4 Å². The van der Waals surface area contributed by atoms with Crippen molar-refractivity contribution in [2.24, 2.45) is 0 Å². The highest BCUT2D eigenvalue weighted by atomic mass is 32.2. The van der Waals surface area contributed by atoms with Crippen molar-refractivity contribution in [2.75, 3.05) is 4.72 Å². The van der Waals surface area contributed by atoms with Crippen molar-refractivity contribution in [1.29, 1.82) is 0 Å². The van der Waals surface area contributed by atoms with Crippen LogP contribution in [0.3, 0.4) is 0 Å². The summed E-state index contributed by atoms with van der Waals surface area (Å²) in [4.78, 5) is 2.47. The molecule has 4 nitrogen and oxygen atoms in total. The lowest BCUT2D eigenvalue weighted by Crippen LogP contribution is -2.16. The third-order valence-corrected chi connectivity index (χ3v) is 6.53. The number of anilines is 1. The molecule has 31 heavy (non-hydrogen) atoms. The van der Waals surface area contributed by atoms with Crippen LogP contribution in [0.25, 0.3) is 0 Å². The minimum Gasteiger partial charge on any atom is -0.366 e. The van der Waals surface area contributed by atoms with Crippen LogP contribution in [0, 0.1) is 11.6 Å². The Morgan fingerprint density at radius 1 is 1.03 bits per heavy atom. The number of aromatic amines is 1. The molecule has 0 atom stereocenters. The lowest BCUT2D eigenvalue weighted by molar-refractivity contribution is -0.140. The quantitative estimate of drug-likeness (QED) is 0.476. The maximum absolute atomic E-state index is 14.1. The van der Waals surface area contributed by atoms with E-state index in [1.54, 1.807) is 0 Å². The molecule has 0 unspecified atom stereocenters. The minimum absolute atomic E-state index is 0.0748. The molecule has 2 N–H and O–H groups in total. The fraction of sp³-hybridized carbons (Fsp3) is 0.238. The molecule has 1 aliphatic carbocycles. The van der Waals surface area contributed by atoms with Crippen molar-refractivity contribution in [3.05, 3.63) is 82.7 Å². The maximum atomic E-state index is 14.1. The molecule has 1 heterocycles. The second kappa shape index (κ2) is 7.67. The van der Waals surface area contributed by atoms with Crippen LogP contribution in [-0.2, 0) is 22.6 Å². The highest BCUT2D eigenvalue weighted by Gasteiger charge is 2.35. The van der Waals surface area contributed by atoms with Gasteiger partial charge in [0.2, 0.25) is 0 Å². The Morgan fingerprint density at radius 3 is 2.45 bits per heavy atom. The van der Waals surface area contributed by atoms with E-state index in [2.05, 4.69) is 4.98 Å². The first-order chi connectivity index (χ1) is 14.5. The zero-order chi connectivity index (χ0) is 22.4. The van der Waals surface area contributed by atoms with Crippen LogP contribution >= 0.6 is 0 Å². The first-order valence-corrected chi connectivity index (χ1v) is 10.9. The van der Waals surface area contributed by atoms with Gasteiger partial charge in [0.1, 0.15) is 16.5 Å². The largest absolute Gasteiger partial charge is 0.419 e. The summed E-state index contributed by atoms with van der Waals surface area (Å²) in [7, 11) is -4.39. The molecular formula is C21H17F5N2O2S. The standard InChI is InChI=1S/C21H17F5N2O2S/c22-17-9-19(18(23)8-16(17)21(24,25)26)28-31(29,30)20-11-27-10-15(20)7-12-2-1-3-14(6-12)13-4-5-13/h1-3,6,8-11,13,27-28H,4-5,7H2. The number of H-pyrrole nitrogens is 1. The summed E-state index contributed by atoms with van der Waals surface area (Å²) >= 11 is 0. The normalized spacial score (nSPS) is 14.6. The predicted molar refractivity (Wildman–Crippen MR) is 104 cm³/mol. The Labute approximate surface area is 175 Å². The van der Waals surface area contributed by atoms with Crippen LogP contribution in [0.15, 0.2) is 53.7 Å². The van der Waals surface area contributed by atoms with Crippen molar-refractivity contribution in [1.82, 2.24) is 4.98 Å². The Hall–Kier alpha value is -2.88. The molecule has 1 aliphatic rings. The van der Waals surface area contributed by atoms with Gasteiger partial charge in [-0.1, -0.05) is 24.3 Å². The van der Waals surface area contributed by atoms with Gasteiger partial charge in [-0.25, -0.2) is 17.2 Å². The van der Waals surface area contributed by atoms with E-state index < -0.39 is 39.1 Å². The zero-order valence-corrected chi connectivity index (χ0v) is 16.7. The number of benzene rings is 2. The molecule has 0 bridgehead atoms. The van der Waals surface area contributed by atoms with E-state index in [0.29, 0.717) is 11.5 Å². The van der Waals surface area contributed by atoms with Gasteiger partial charge in [0, 0.05) is 24.9 Å². The lowest BCUT2D eigenvalue weighted by atomic mass is 10.0. The molecule has 0 spiro atoms. The first-order valence-electron chi connectivity index (χ1n) is 9.38. The molecule has 1 fully saturated rings. The molecule has 4 rings (SSSR count). The van der Waals surface area contributed by atoms with E-state index in [1.807, 2.05) is 29.0 Å². The van der Waals surface area contributed by atoms with Gasteiger partial charge in [-0.05, 0) is 41.5 Å². The van der Waals surface area contributed by atoms with Crippen LogP contribution in [0.1, 0.15) is 41.0 Å². The van der Waals surface area contributed by atoms with Gasteiger partial charge >= 0.3 is 6.18 Å². The molecule has 10 heteroatoms. The van der Waals surface area contributed by atoms with Gasteiger partial charge in [-0.2, -0.15) is 13.2 Å². The predicted octanol–water partition coefficient (Wildman–Crippen LogP) is 5.58. The summed E-state index contributed by atoms with van der Waals surface area (Å²) in [5, 5.41) is 0. The summed E-state index contributed by atoms with van der Waals surface area (Å²) in [6.07, 6.45) is 0.0525. The molecule has 0 radical (unpaired) electrons. The van der Waals surface area contributed by atoms with Crippen molar-refractivity contribution >= 4 is 15.7 Å². The number of aromatic nitrogens is 1. The van der Waals surface area contributed by atoms with Crippen molar-refractivity contribution in [3.63, 3.8) is 0 Å². The molecule has 0 aliphatic heterocycles. The van der Waals surface area contributed by atoms with E-state index in [1.165, 1.54) is 18.0 Å². The van der Waals surface area contributed by atoms with Crippen molar-refractivity contribution in [2.45, 2.75) is 36.3 Å². The highest BCUT2D eigenvalue weighted by molar-refractivity contribution is 7.92. The molecule has 0 saturated heterocycles. The van der Waals surface area contributed by atoms with Gasteiger partial charge < -0.3 is 4.98 Å². The first kappa shape index (κ1) is 21.4. The fourth-order valence-corrected chi connectivity index (χ4v) is 4.66. The third-order valence-electron chi connectivity index (χ3n) is 5.08. The van der Waals surface area contributed by atoms with Crippen molar-refractivity contribution in [3.8, 4) is 0 Å².